The maximum Gasteiger partial charge on any atom is 0.280 e. The summed E-state index contributed by atoms with van der Waals surface area (Å²) in [5.41, 5.74) is 3.92. The molecule has 2 aromatic carbocycles. The molecule has 0 aliphatic carbocycles. The van der Waals surface area contributed by atoms with Gasteiger partial charge in [-0.3, -0.25) is 14.3 Å². The van der Waals surface area contributed by atoms with E-state index in [-0.39, 0.29) is 18.0 Å². The van der Waals surface area contributed by atoms with Gasteiger partial charge >= 0.3 is 0 Å². The minimum Gasteiger partial charge on any atom is -0.324 e. The number of amides is 1. The standard InChI is InChI=1S/C23H22N4O2/c1-3-17-7-4-5-9-20(17)25-21(28)15-26-22-19(8-6-14-24-22)23(29)27(26)18-12-10-16(2)11-13-18/h4-14H,3,15H2,1-2H3,(H,25,28). The topological polar surface area (TPSA) is 68.9 Å². The first-order valence-corrected chi connectivity index (χ1v) is 9.60. The number of nitrogens with zero attached hydrogens (tertiary/aromatic N) is 3. The Morgan fingerprint density at radius 1 is 1.03 bits per heavy atom. The van der Waals surface area contributed by atoms with Crippen LogP contribution in [0.15, 0.2) is 71.7 Å². The Morgan fingerprint density at radius 3 is 2.55 bits per heavy atom. The minimum absolute atomic E-state index is 0.0261. The van der Waals surface area contributed by atoms with Crippen molar-refractivity contribution in [3.8, 4) is 5.69 Å². The lowest BCUT2D eigenvalue weighted by Crippen LogP contribution is -2.27. The highest BCUT2D eigenvalue weighted by molar-refractivity contribution is 5.92. The minimum atomic E-state index is -0.214. The van der Waals surface area contributed by atoms with E-state index in [4.69, 9.17) is 0 Å². The molecule has 0 bridgehead atoms. The summed E-state index contributed by atoms with van der Waals surface area (Å²) in [6, 6.07) is 18.8. The van der Waals surface area contributed by atoms with Gasteiger partial charge in [0.15, 0.2) is 5.65 Å². The largest absolute Gasteiger partial charge is 0.324 e. The fourth-order valence-corrected chi connectivity index (χ4v) is 3.45. The molecule has 0 saturated carbocycles. The normalized spacial score (nSPS) is 11.0. The molecule has 0 radical (unpaired) electrons. The van der Waals surface area contributed by atoms with Crippen LogP contribution in [-0.4, -0.2) is 20.3 Å². The molecule has 4 aromatic rings. The number of nitrogens with one attached hydrogen (secondary N) is 1. The van der Waals surface area contributed by atoms with Crippen molar-refractivity contribution in [3.63, 3.8) is 0 Å². The maximum atomic E-state index is 13.0. The number of anilines is 1. The molecule has 6 heteroatoms. The molecule has 29 heavy (non-hydrogen) atoms. The molecule has 0 aliphatic heterocycles. The first-order chi connectivity index (χ1) is 14.1. The Kier molecular flexibility index (Phi) is 4.99. The zero-order valence-electron chi connectivity index (χ0n) is 16.4. The van der Waals surface area contributed by atoms with E-state index in [1.165, 1.54) is 4.68 Å². The number of carbonyl (C=O) groups excluding carboxylic acids is 1. The SMILES string of the molecule is CCc1ccccc1NC(=O)Cn1c2ncccc2c(=O)n1-c1ccc(C)cc1. The van der Waals surface area contributed by atoms with Gasteiger partial charge in [0.25, 0.3) is 5.56 Å². The van der Waals surface area contributed by atoms with Crippen LogP contribution in [0.1, 0.15) is 18.1 Å². The zero-order valence-corrected chi connectivity index (χ0v) is 16.4. The van der Waals surface area contributed by atoms with Gasteiger partial charge in [0.2, 0.25) is 5.91 Å². The molecule has 6 nitrogen and oxygen atoms in total. The second-order valence-electron chi connectivity index (χ2n) is 6.94. The first kappa shape index (κ1) is 18.7. The molecule has 4 rings (SSSR count). The summed E-state index contributed by atoms with van der Waals surface area (Å²) in [6.45, 7) is 4.01. The van der Waals surface area contributed by atoms with Crippen LogP contribution in [0, 0.1) is 6.92 Å². The van der Waals surface area contributed by atoms with E-state index in [1.54, 1.807) is 23.0 Å². The summed E-state index contributed by atoms with van der Waals surface area (Å²) < 4.78 is 3.15. The molecule has 2 heterocycles. The van der Waals surface area contributed by atoms with Gasteiger partial charge in [-0.2, -0.15) is 0 Å². The molecule has 1 amide bonds. The van der Waals surface area contributed by atoms with Crippen LogP contribution in [0.25, 0.3) is 16.7 Å². The highest BCUT2D eigenvalue weighted by atomic mass is 16.2. The van der Waals surface area contributed by atoms with Gasteiger partial charge in [-0.05, 0) is 49.2 Å². The predicted octanol–water partition coefficient (Wildman–Crippen LogP) is 3.70. The van der Waals surface area contributed by atoms with E-state index in [0.29, 0.717) is 16.7 Å². The fraction of sp³-hybridized carbons (Fsp3) is 0.174. The van der Waals surface area contributed by atoms with Gasteiger partial charge in [0.05, 0.1) is 11.1 Å². The highest BCUT2D eigenvalue weighted by Gasteiger charge is 2.18. The van der Waals surface area contributed by atoms with Gasteiger partial charge < -0.3 is 5.32 Å². The monoisotopic (exact) mass is 386 g/mol. The molecule has 0 spiro atoms. The smallest absolute Gasteiger partial charge is 0.280 e. The van der Waals surface area contributed by atoms with Gasteiger partial charge in [-0.15, -0.1) is 0 Å². The van der Waals surface area contributed by atoms with Crippen LogP contribution < -0.4 is 10.9 Å². The maximum absolute atomic E-state index is 13.0. The lowest BCUT2D eigenvalue weighted by molar-refractivity contribution is -0.116. The van der Waals surface area contributed by atoms with Crippen molar-refractivity contribution in [2.24, 2.45) is 0 Å². The van der Waals surface area contributed by atoms with Crippen molar-refractivity contribution in [3.05, 3.63) is 88.3 Å². The average Bonchev–Trinajstić information content (AvgIpc) is 3.01. The summed E-state index contributed by atoms with van der Waals surface area (Å²) in [5.74, 6) is -0.214. The number of pyridine rings is 1. The molecule has 0 saturated heterocycles. The first-order valence-electron chi connectivity index (χ1n) is 9.60. The fourth-order valence-electron chi connectivity index (χ4n) is 3.45. The van der Waals surface area contributed by atoms with Gasteiger partial charge in [-0.1, -0.05) is 42.8 Å². The Balaban J connectivity index is 1.76. The molecule has 0 atom stereocenters. The number of benzene rings is 2. The molecule has 1 N–H and O–H groups in total. The Morgan fingerprint density at radius 2 is 1.79 bits per heavy atom. The van der Waals surface area contributed by atoms with Gasteiger partial charge in [0.1, 0.15) is 6.54 Å². The van der Waals surface area contributed by atoms with Crippen molar-refractivity contribution >= 4 is 22.6 Å². The number of hydrogen-bond donors (Lipinski definition) is 1. The lowest BCUT2D eigenvalue weighted by Gasteiger charge is -2.14. The third kappa shape index (κ3) is 3.57. The molecule has 0 fully saturated rings. The molecule has 2 aromatic heterocycles. The van der Waals surface area contributed by atoms with Crippen LogP contribution in [0.2, 0.25) is 0 Å². The van der Waals surface area contributed by atoms with E-state index in [2.05, 4.69) is 10.3 Å². The van der Waals surface area contributed by atoms with Crippen LogP contribution in [0.5, 0.6) is 0 Å². The van der Waals surface area contributed by atoms with E-state index in [9.17, 15) is 9.59 Å². The molecular weight excluding hydrogens is 364 g/mol. The van der Waals surface area contributed by atoms with Gasteiger partial charge in [-0.25, -0.2) is 9.67 Å². The lowest BCUT2D eigenvalue weighted by atomic mass is 10.1. The van der Waals surface area contributed by atoms with E-state index in [1.807, 2.05) is 62.4 Å². The molecular formula is C23H22N4O2. The van der Waals surface area contributed by atoms with Crippen LogP contribution in [0.4, 0.5) is 5.69 Å². The Labute approximate surface area is 168 Å². The Bertz CT molecular complexity index is 1240. The van der Waals surface area contributed by atoms with Crippen molar-refractivity contribution in [1.29, 1.82) is 0 Å². The second-order valence-corrected chi connectivity index (χ2v) is 6.94. The third-order valence-electron chi connectivity index (χ3n) is 4.94. The summed E-state index contributed by atoms with van der Waals surface area (Å²) >= 11 is 0. The Hall–Kier alpha value is -3.67. The predicted molar refractivity (Wildman–Crippen MR) is 115 cm³/mol. The van der Waals surface area contributed by atoms with E-state index < -0.39 is 0 Å². The number of para-hydroxylation sites is 1. The van der Waals surface area contributed by atoms with Crippen LogP contribution in [-0.2, 0) is 17.8 Å². The van der Waals surface area contributed by atoms with Crippen LogP contribution in [0.3, 0.4) is 0 Å². The molecule has 146 valence electrons. The average molecular weight is 386 g/mol. The number of rotatable bonds is 5. The summed E-state index contributed by atoms with van der Waals surface area (Å²) in [5, 5.41) is 3.45. The quantitative estimate of drug-likeness (QED) is 0.569. The number of carbonyl (C=O) groups is 1. The summed E-state index contributed by atoms with van der Waals surface area (Å²) in [6.07, 6.45) is 2.45. The zero-order chi connectivity index (χ0) is 20.4. The van der Waals surface area contributed by atoms with Crippen molar-refractivity contribution in [2.45, 2.75) is 26.8 Å². The van der Waals surface area contributed by atoms with Crippen molar-refractivity contribution in [2.75, 3.05) is 5.32 Å². The van der Waals surface area contributed by atoms with E-state index >= 15 is 0 Å². The summed E-state index contributed by atoms with van der Waals surface area (Å²) in [4.78, 5) is 30.3. The van der Waals surface area contributed by atoms with Gasteiger partial charge in [0, 0.05) is 11.9 Å². The van der Waals surface area contributed by atoms with Crippen molar-refractivity contribution < 1.29 is 4.79 Å². The van der Waals surface area contributed by atoms with E-state index in [0.717, 1.165) is 23.2 Å². The number of hydrogen-bond acceptors (Lipinski definition) is 3. The number of fused-ring (bicyclic) bond motifs is 1. The molecule has 0 unspecified atom stereocenters. The summed E-state index contributed by atoms with van der Waals surface area (Å²) in [7, 11) is 0. The van der Waals surface area contributed by atoms with Crippen molar-refractivity contribution in [1.82, 2.24) is 14.3 Å². The number of aromatic nitrogens is 3. The second kappa shape index (κ2) is 7.75. The van der Waals surface area contributed by atoms with Crippen LogP contribution >= 0.6 is 0 Å². The molecule has 0 aliphatic rings. The highest BCUT2D eigenvalue weighted by Crippen LogP contribution is 2.17. The number of aryl methyl sites for hydroxylation is 2. The third-order valence-corrected chi connectivity index (χ3v) is 4.94.